The van der Waals surface area contributed by atoms with Gasteiger partial charge < -0.3 is 0 Å². The Morgan fingerprint density at radius 1 is 0.917 bits per heavy atom. The third kappa shape index (κ3) is 3.40. The summed E-state index contributed by atoms with van der Waals surface area (Å²) in [5, 5.41) is 2.69. The number of hydrogen-bond acceptors (Lipinski definition) is 0. The molecule has 0 nitrogen and oxygen atoms in total. The third-order valence-electron chi connectivity index (χ3n) is 4.88. The van der Waals surface area contributed by atoms with Crippen molar-refractivity contribution in [2.75, 3.05) is 0 Å². The summed E-state index contributed by atoms with van der Waals surface area (Å²) >= 11 is 13.8. The third-order valence-corrected chi connectivity index (χ3v) is 7.64. The van der Waals surface area contributed by atoms with Gasteiger partial charge in [-0.25, -0.2) is 0 Å². The summed E-state index contributed by atoms with van der Waals surface area (Å²) < 4.78 is 1.38. The summed E-state index contributed by atoms with van der Waals surface area (Å²) in [4.78, 5) is -0.381. The average Bonchev–Trinajstić information content (AvgIpc) is 2.67. The van der Waals surface area contributed by atoms with E-state index in [0.29, 0.717) is 0 Å². The first-order chi connectivity index (χ1) is 10.4. The molecule has 127 valence electrons. The Balaban J connectivity index is 0.000000302. The van der Waals surface area contributed by atoms with E-state index in [9.17, 15) is 0 Å². The zero-order valence-corrected chi connectivity index (χ0v) is 19.3. The van der Waals surface area contributed by atoms with Gasteiger partial charge in [-0.15, -0.1) is 24.8 Å². The van der Waals surface area contributed by atoms with E-state index >= 15 is 0 Å². The molecule has 5 heteroatoms. The van der Waals surface area contributed by atoms with Crippen LogP contribution in [0.5, 0.6) is 0 Å². The normalized spacial score (nSPS) is 18.9. The molecule has 24 heavy (non-hydrogen) atoms. The number of hydrogen-bond donors (Lipinski definition) is 0. The Labute approximate surface area is 181 Å². The fourth-order valence-corrected chi connectivity index (χ4v) is 5.60. The predicted molar refractivity (Wildman–Crippen MR) is 106 cm³/mol. The van der Waals surface area contributed by atoms with Crippen LogP contribution in [0.1, 0.15) is 19.4 Å². The number of fused-ring (bicyclic) bond motifs is 2. The van der Waals surface area contributed by atoms with Gasteiger partial charge in [0.25, 0.3) is 0 Å². The van der Waals surface area contributed by atoms with Crippen LogP contribution in [0.4, 0.5) is 0 Å². The van der Waals surface area contributed by atoms with Gasteiger partial charge in [0.05, 0.1) is 0 Å². The second-order valence-electron chi connectivity index (χ2n) is 6.08. The fraction of sp³-hybridized carbons (Fsp3) is 0.263. The molecule has 0 saturated heterocycles. The quantitative estimate of drug-likeness (QED) is 0.423. The molecule has 1 unspecified atom stereocenters. The molecule has 0 bridgehead atoms. The van der Waals surface area contributed by atoms with E-state index in [1.54, 1.807) is 0 Å². The first kappa shape index (κ1) is 22.3. The second kappa shape index (κ2) is 8.28. The molecular weight excluding hydrogens is 461 g/mol. The van der Waals surface area contributed by atoms with Gasteiger partial charge in [-0.05, 0) is 11.1 Å². The minimum atomic E-state index is -0.381. The zero-order valence-electron chi connectivity index (χ0n) is 13.7. The zero-order chi connectivity index (χ0) is 16.1. The van der Waals surface area contributed by atoms with Gasteiger partial charge in [-0.3, -0.25) is 0 Å². The standard InChI is InChI=1S/C13H13Cl2.C6H4.2ClH.Zr/c1-8-5-4-6-10-9(2)13(3,12(14)15)7-11(8)10;1-2-6-4-3-5(1)6;;;/h4-6,12H,1-3H3;1-4H;2*1H;. The van der Waals surface area contributed by atoms with Crippen LogP contribution in [0.2, 0.25) is 0 Å². The summed E-state index contributed by atoms with van der Waals surface area (Å²) in [6.45, 7) is 6.45. The van der Waals surface area contributed by atoms with Crippen molar-refractivity contribution < 1.29 is 24.7 Å². The molecule has 1 aromatic carbocycles. The van der Waals surface area contributed by atoms with Crippen molar-refractivity contribution in [3.05, 3.63) is 58.5 Å². The first-order valence-electron chi connectivity index (χ1n) is 7.29. The van der Waals surface area contributed by atoms with E-state index in [4.69, 9.17) is 23.2 Å². The predicted octanol–water partition coefficient (Wildman–Crippen LogP) is 5.15. The van der Waals surface area contributed by atoms with E-state index in [1.165, 1.54) is 60.7 Å². The molecule has 0 radical (unpaired) electrons. The maximum atomic E-state index is 6.20. The van der Waals surface area contributed by atoms with E-state index in [0.717, 1.165) is 0 Å². The van der Waals surface area contributed by atoms with Crippen molar-refractivity contribution in [2.45, 2.75) is 25.6 Å². The molecule has 1 aromatic rings. The molecule has 0 aromatic heterocycles. The Hall–Kier alpha value is 0.223. The Morgan fingerprint density at radius 2 is 1.42 bits per heavy atom. The molecule has 0 aliphatic heterocycles. The molecule has 3 aliphatic rings. The van der Waals surface area contributed by atoms with E-state index < -0.39 is 0 Å². The average molecular weight is 480 g/mol. The molecule has 0 heterocycles. The smallest absolute Gasteiger partial charge is 0.0184 e. The van der Waals surface area contributed by atoms with Crippen molar-refractivity contribution in [3.8, 4) is 11.1 Å². The molecule has 0 amide bonds. The van der Waals surface area contributed by atoms with Crippen LogP contribution in [0, 0.1) is 12.3 Å². The van der Waals surface area contributed by atoms with Gasteiger partial charge in [-0.1, -0.05) is 24.3 Å². The van der Waals surface area contributed by atoms with E-state index in [2.05, 4.69) is 63.2 Å². The van der Waals surface area contributed by atoms with Gasteiger partial charge in [-0.2, -0.15) is 0 Å². The largest absolute Gasteiger partial charge is 0.147 e. The maximum Gasteiger partial charge on any atom is -0.0184 e. The van der Waals surface area contributed by atoms with Crippen LogP contribution in [0.3, 0.4) is 0 Å². The number of rotatable bonds is 1. The van der Waals surface area contributed by atoms with Crippen LogP contribution >= 0.6 is 48.0 Å². The van der Waals surface area contributed by atoms with Crippen molar-refractivity contribution in [1.29, 1.82) is 0 Å². The van der Waals surface area contributed by atoms with Gasteiger partial charge in [0.2, 0.25) is 0 Å². The molecule has 1 atom stereocenters. The van der Waals surface area contributed by atoms with E-state index in [1.807, 2.05) is 0 Å². The second-order valence-corrected chi connectivity index (χ2v) is 8.40. The van der Waals surface area contributed by atoms with Gasteiger partial charge >= 0.3 is 122 Å². The summed E-state index contributed by atoms with van der Waals surface area (Å²) in [7, 11) is 0. The van der Waals surface area contributed by atoms with Crippen LogP contribution in [0.25, 0.3) is 20.0 Å². The maximum absolute atomic E-state index is 6.20. The molecule has 0 fully saturated rings. The Kier molecular flexibility index (Phi) is 7.68. The van der Waals surface area contributed by atoms with Crippen molar-refractivity contribution >= 4 is 56.9 Å². The molecule has 3 aliphatic carbocycles. The van der Waals surface area contributed by atoms with Crippen molar-refractivity contribution in [1.82, 2.24) is 0 Å². The summed E-state index contributed by atoms with van der Waals surface area (Å²) in [6, 6.07) is 14.9. The number of benzene rings is 2. The molecule has 0 spiro atoms. The van der Waals surface area contributed by atoms with Crippen molar-refractivity contribution in [2.24, 2.45) is 5.41 Å². The Morgan fingerprint density at radius 3 is 1.75 bits per heavy atom. The van der Waals surface area contributed by atoms with Crippen LogP contribution in [-0.4, -0.2) is 4.84 Å². The van der Waals surface area contributed by atoms with E-state index in [-0.39, 0.29) is 35.1 Å². The van der Waals surface area contributed by atoms with Crippen LogP contribution in [0.15, 0.2) is 42.5 Å². The fourth-order valence-electron chi connectivity index (χ4n) is 2.97. The van der Waals surface area contributed by atoms with Crippen LogP contribution in [-0.2, 0) is 24.7 Å². The first-order valence-corrected chi connectivity index (χ1v) is 9.39. The minimum Gasteiger partial charge on any atom is -0.147 e. The summed E-state index contributed by atoms with van der Waals surface area (Å²) in [5.41, 5.74) is 5.29. The minimum absolute atomic E-state index is 0. The van der Waals surface area contributed by atoms with Crippen molar-refractivity contribution in [3.63, 3.8) is 0 Å². The SMILES string of the molecule is CC1=c2cccc(C)c2=[C]([Zr])C1(C)C(Cl)Cl.Cl.Cl.c1cc2ccc1-2. The van der Waals surface area contributed by atoms with Gasteiger partial charge in [0.15, 0.2) is 0 Å². The summed E-state index contributed by atoms with van der Waals surface area (Å²) in [5.74, 6) is 0. The molecule has 4 rings (SSSR count). The van der Waals surface area contributed by atoms with Crippen LogP contribution < -0.4 is 10.4 Å². The Bertz CT molecular complexity index is 835. The topological polar surface area (TPSA) is 0 Å². The molecule has 0 saturated carbocycles. The molecule has 0 N–H and O–H groups in total. The number of halogens is 4. The van der Waals surface area contributed by atoms with Gasteiger partial charge in [0, 0.05) is 0 Å². The monoisotopic (exact) mass is 477 g/mol. The number of aryl methyl sites for hydroxylation is 1. The number of alkyl halides is 2. The summed E-state index contributed by atoms with van der Waals surface area (Å²) in [6.07, 6.45) is 0. The molecular formula is C19H19Cl4Zr. The van der Waals surface area contributed by atoms with Gasteiger partial charge in [0.1, 0.15) is 0 Å².